The average Bonchev–Trinajstić information content (AvgIpc) is 2.09. The third-order valence-corrected chi connectivity index (χ3v) is 2.91. The largest absolute Gasteiger partial charge is 0.314 e. The third-order valence-electron chi connectivity index (χ3n) is 2.91. The number of hydrogen-bond acceptors (Lipinski definition) is 4. The molecule has 1 fully saturated rings. The van der Waals surface area contributed by atoms with Gasteiger partial charge in [0, 0.05) is 19.6 Å². The first-order valence-corrected chi connectivity index (χ1v) is 4.55. The topological polar surface area (TPSA) is 46.9 Å². The van der Waals surface area contributed by atoms with Crippen molar-refractivity contribution in [2.75, 3.05) is 19.6 Å². The van der Waals surface area contributed by atoms with Gasteiger partial charge >= 0.3 is 0 Å². The second-order valence-corrected chi connectivity index (χ2v) is 3.44. The van der Waals surface area contributed by atoms with Crippen molar-refractivity contribution in [2.45, 2.75) is 32.2 Å². The Kier molecular flexibility index (Phi) is 3.06. The molecule has 0 amide bonds. The van der Waals surface area contributed by atoms with E-state index in [9.17, 15) is 10.4 Å². The molecule has 0 radical (unpaired) electrons. The molecule has 0 saturated carbocycles. The van der Waals surface area contributed by atoms with Gasteiger partial charge in [-0.1, -0.05) is 13.8 Å². The molecule has 0 bridgehead atoms. The molecule has 4 heteroatoms. The van der Waals surface area contributed by atoms with Crippen molar-refractivity contribution < 1.29 is 10.4 Å². The van der Waals surface area contributed by atoms with E-state index in [1.54, 1.807) is 0 Å². The van der Waals surface area contributed by atoms with Crippen LogP contribution in [-0.2, 0) is 0 Å². The summed E-state index contributed by atoms with van der Waals surface area (Å²) in [5.74, 6) is 0. The van der Waals surface area contributed by atoms with Crippen LogP contribution >= 0.6 is 0 Å². The van der Waals surface area contributed by atoms with Gasteiger partial charge in [0.15, 0.2) is 0 Å². The lowest BCUT2D eigenvalue weighted by molar-refractivity contribution is -0.252. The number of rotatable bonds is 2. The highest BCUT2D eigenvalue weighted by Gasteiger charge is 2.37. The van der Waals surface area contributed by atoms with Crippen LogP contribution in [0.15, 0.2) is 0 Å². The van der Waals surface area contributed by atoms with E-state index in [-0.39, 0.29) is 5.54 Å². The molecule has 1 saturated heterocycles. The Balaban J connectivity index is 2.68. The van der Waals surface area contributed by atoms with Crippen molar-refractivity contribution in [1.82, 2.24) is 10.1 Å². The van der Waals surface area contributed by atoms with Crippen LogP contribution in [0.5, 0.6) is 0 Å². The van der Waals surface area contributed by atoms with Crippen molar-refractivity contribution in [1.29, 1.82) is 0 Å². The summed E-state index contributed by atoms with van der Waals surface area (Å²) >= 11 is 0. The smallest absolute Gasteiger partial charge is 0.0605 e. The Hall–Kier alpha value is -0.160. The van der Waals surface area contributed by atoms with Crippen LogP contribution in [-0.4, -0.2) is 45.7 Å². The quantitative estimate of drug-likeness (QED) is 0.654. The highest BCUT2D eigenvalue weighted by atomic mass is 16.5. The number of hydroxylamine groups is 4. The molecule has 4 nitrogen and oxygen atoms in total. The van der Waals surface area contributed by atoms with E-state index in [2.05, 4.69) is 0 Å². The molecule has 0 spiro atoms. The Bertz CT molecular complexity index is 148. The normalized spacial score (nSPS) is 26.0. The van der Waals surface area contributed by atoms with Crippen molar-refractivity contribution >= 4 is 0 Å². The first-order chi connectivity index (χ1) is 5.64. The molecular weight excluding hydrogens is 156 g/mol. The van der Waals surface area contributed by atoms with Gasteiger partial charge in [-0.25, -0.2) is 0 Å². The summed E-state index contributed by atoms with van der Waals surface area (Å²) in [7, 11) is 0. The van der Waals surface area contributed by atoms with Crippen LogP contribution in [0.4, 0.5) is 0 Å². The van der Waals surface area contributed by atoms with Crippen LogP contribution in [0.3, 0.4) is 0 Å². The molecular formula is C8H18N2O2. The Morgan fingerprint density at radius 2 is 1.75 bits per heavy atom. The standard InChI is InChI=1S/C8H18N2O2/c1-3-8(4-2)7-9(11)5-6-10(8)12/h11-12H,3-7H2,1-2H3. The molecule has 0 aliphatic carbocycles. The summed E-state index contributed by atoms with van der Waals surface area (Å²) in [5, 5.41) is 21.6. The molecule has 72 valence electrons. The van der Waals surface area contributed by atoms with E-state index in [1.807, 2.05) is 13.8 Å². The van der Waals surface area contributed by atoms with E-state index in [4.69, 9.17) is 0 Å². The van der Waals surface area contributed by atoms with E-state index in [0.29, 0.717) is 19.6 Å². The average molecular weight is 174 g/mol. The van der Waals surface area contributed by atoms with Crippen molar-refractivity contribution in [2.24, 2.45) is 0 Å². The second-order valence-electron chi connectivity index (χ2n) is 3.44. The second kappa shape index (κ2) is 3.70. The lowest BCUT2D eigenvalue weighted by atomic mass is 9.90. The minimum absolute atomic E-state index is 0.243. The third kappa shape index (κ3) is 1.61. The molecule has 0 unspecified atom stereocenters. The SMILES string of the molecule is CCC1(CC)CN(O)CCN1O. The van der Waals surface area contributed by atoms with E-state index in [1.165, 1.54) is 10.1 Å². The number of hydrogen-bond donors (Lipinski definition) is 2. The van der Waals surface area contributed by atoms with Gasteiger partial charge in [-0.2, -0.15) is 10.1 Å². The maximum Gasteiger partial charge on any atom is 0.0605 e. The van der Waals surface area contributed by atoms with Crippen LogP contribution in [0.2, 0.25) is 0 Å². The van der Waals surface area contributed by atoms with Gasteiger partial charge < -0.3 is 10.4 Å². The minimum atomic E-state index is -0.243. The molecule has 1 rings (SSSR count). The molecule has 0 aromatic carbocycles. The van der Waals surface area contributed by atoms with Crippen LogP contribution in [0.1, 0.15) is 26.7 Å². The minimum Gasteiger partial charge on any atom is -0.314 e. The van der Waals surface area contributed by atoms with Crippen molar-refractivity contribution in [3.05, 3.63) is 0 Å². The molecule has 0 atom stereocenters. The van der Waals surface area contributed by atoms with Gasteiger partial charge in [-0.3, -0.25) is 0 Å². The fraction of sp³-hybridized carbons (Fsp3) is 1.00. The molecule has 0 aromatic rings. The number of piperazine rings is 1. The van der Waals surface area contributed by atoms with Gasteiger partial charge in [0.1, 0.15) is 0 Å². The Labute approximate surface area is 73.3 Å². The van der Waals surface area contributed by atoms with Gasteiger partial charge in [-0.05, 0) is 12.8 Å². The van der Waals surface area contributed by atoms with E-state index < -0.39 is 0 Å². The van der Waals surface area contributed by atoms with Crippen LogP contribution in [0, 0.1) is 0 Å². The first-order valence-electron chi connectivity index (χ1n) is 4.55. The predicted molar refractivity (Wildman–Crippen MR) is 45.2 cm³/mol. The van der Waals surface area contributed by atoms with Gasteiger partial charge in [-0.15, -0.1) is 0 Å². The zero-order chi connectivity index (χ0) is 9.19. The molecule has 0 aromatic heterocycles. The zero-order valence-corrected chi connectivity index (χ0v) is 7.82. The lowest BCUT2D eigenvalue weighted by Crippen LogP contribution is -2.59. The van der Waals surface area contributed by atoms with Crippen LogP contribution in [0.25, 0.3) is 0 Å². The zero-order valence-electron chi connectivity index (χ0n) is 7.82. The highest BCUT2D eigenvalue weighted by molar-refractivity contribution is 4.89. The fourth-order valence-electron chi connectivity index (χ4n) is 1.79. The monoisotopic (exact) mass is 174 g/mol. The van der Waals surface area contributed by atoms with Gasteiger partial charge in [0.05, 0.1) is 5.54 Å². The first kappa shape index (κ1) is 9.92. The summed E-state index contributed by atoms with van der Waals surface area (Å²) in [5.41, 5.74) is -0.243. The highest BCUT2D eigenvalue weighted by Crippen LogP contribution is 2.25. The molecule has 1 aliphatic rings. The molecule has 2 N–H and O–H groups in total. The van der Waals surface area contributed by atoms with Crippen molar-refractivity contribution in [3.8, 4) is 0 Å². The van der Waals surface area contributed by atoms with E-state index in [0.717, 1.165) is 12.8 Å². The Morgan fingerprint density at radius 1 is 1.17 bits per heavy atom. The summed E-state index contributed by atoms with van der Waals surface area (Å²) < 4.78 is 0. The molecule has 12 heavy (non-hydrogen) atoms. The summed E-state index contributed by atoms with van der Waals surface area (Å²) in [4.78, 5) is 0. The predicted octanol–water partition coefficient (Wildman–Crippen LogP) is 0.941. The number of nitrogens with zero attached hydrogens (tertiary/aromatic N) is 2. The summed E-state index contributed by atoms with van der Waals surface area (Å²) in [6.07, 6.45) is 1.72. The maximum absolute atomic E-state index is 9.63. The fourth-order valence-corrected chi connectivity index (χ4v) is 1.79. The molecule has 1 aliphatic heterocycles. The van der Waals surface area contributed by atoms with E-state index >= 15 is 0 Å². The summed E-state index contributed by atoms with van der Waals surface area (Å²) in [6, 6.07) is 0. The van der Waals surface area contributed by atoms with Crippen molar-refractivity contribution in [3.63, 3.8) is 0 Å². The maximum atomic E-state index is 9.63. The van der Waals surface area contributed by atoms with Crippen LogP contribution < -0.4 is 0 Å². The lowest BCUT2D eigenvalue weighted by Gasteiger charge is -2.45. The van der Waals surface area contributed by atoms with Gasteiger partial charge in [0.2, 0.25) is 0 Å². The Morgan fingerprint density at radius 3 is 2.17 bits per heavy atom. The molecule has 1 heterocycles. The summed E-state index contributed by atoms with van der Waals surface area (Å²) in [6.45, 7) is 5.66. The van der Waals surface area contributed by atoms with Gasteiger partial charge in [0.25, 0.3) is 0 Å².